The average Bonchev–Trinajstić information content (AvgIpc) is 2.76. The fourth-order valence-electron chi connectivity index (χ4n) is 2.76. The molecule has 0 unspecified atom stereocenters. The Hall–Kier alpha value is -1.64. The summed E-state index contributed by atoms with van der Waals surface area (Å²) in [6.45, 7) is 8.14. The van der Waals surface area contributed by atoms with E-state index >= 15 is 0 Å². The van der Waals surface area contributed by atoms with Gasteiger partial charge in [-0.3, -0.25) is 0 Å². The Morgan fingerprint density at radius 2 is 1.00 bits per heavy atom. The fourth-order valence-corrected chi connectivity index (χ4v) is 2.76. The lowest BCUT2D eigenvalue weighted by molar-refractivity contribution is -0.147. The predicted octanol–water partition coefficient (Wildman–Crippen LogP) is 4.87. The van der Waals surface area contributed by atoms with Crippen molar-refractivity contribution in [3.8, 4) is 0 Å². The van der Waals surface area contributed by atoms with Crippen molar-refractivity contribution < 1.29 is 9.47 Å². The average molecular weight is 282 g/mol. The minimum absolute atomic E-state index is 0.0664. The molecule has 0 aliphatic carbocycles. The van der Waals surface area contributed by atoms with E-state index in [4.69, 9.17) is 9.47 Å². The highest BCUT2D eigenvalue weighted by Crippen LogP contribution is 2.46. The molecule has 1 aliphatic heterocycles. The number of aryl methyl sites for hydroxylation is 2. The second-order valence-electron chi connectivity index (χ2n) is 6.30. The highest BCUT2D eigenvalue weighted by Gasteiger charge is 2.42. The number of hydrogen-bond acceptors (Lipinski definition) is 2. The molecule has 1 saturated heterocycles. The molecule has 2 heteroatoms. The van der Waals surface area contributed by atoms with E-state index in [0.717, 1.165) is 11.1 Å². The third-order valence-corrected chi connectivity index (χ3v) is 3.91. The maximum Gasteiger partial charge on any atom is 0.164 e. The van der Waals surface area contributed by atoms with E-state index in [9.17, 15) is 0 Å². The minimum Gasteiger partial charge on any atom is -0.339 e. The van der Waals surface area contributed by atoms with Crippen LogP contribution in [0, 0.1) is 13.8 Å². The number of benzene rings is 2. The lowest BCUT2D eigenvalue weighted by Gasteiger charge is -2.18. The first-order chi connectivity index (χ1) is 9.94. The Morgan fingerprint density at radius 1 is 0.667 bits per heavy atom. The molecule has 110 valence electrons. The third kappa shape index (κ3) is 3.02. The quantitative estimate of drug-likeness (QED) is 0.782. The van der Waals surface area contributed by atoms with E-state index in [1.54, 1.807) is 0 Å². The van der Waals surface area contributed by atoms with Crippen LogP contribution in [0.15, 0.2) is 48.5 Å². The zero-order valence-corrected chi connectivity index (χ0v) is 13.1. The zero-order chi connectivity index (χ0) is 15.0. The molecule has 1 fully saturated rings. The van der Waals surface area contributed by atoms with Crippen LogP contribution in [0.3, 0.4) is 0 Å². The van der Waals surface area contributed by atoms with E-state index < -0.39 is 5.79 Å². The van der Waals surface area contributed by atoms with Crippen molar-refractivity contribution in [3.05, 3.63) is 70.8 Å². The van der Waals surface area contributed by atoms with E-state index in [1.165, 1.54) is 11.1 Å². The first kappa shape index (κ1) is 14.3. The van der Waals surface area contributed by atoms with Gasteiger partial charge in [-0.2, -0.15) is 0 Å². The smallest absolute Gasteiger partial charge is 0.164 e. The summed E-state index contributed by atoms with van der Waals surface area (Å²) in [6.07, 6.45) is -0.133. The molecule has 1 aliphatic rings. The summed E-state index contributed by atoms with van der Waals surface area (Å²) in [6, 6.07) is 17.0. The van der Waals surface area contributed by atoms with Gasteiger partial charge in [-0.25, -0.2) is 0 Å². The van der Waals surface area contributed by atoms with Crippen LogP contribution < -0.4 is 0 Å². The standard InChI is InChI=1S/C19H22O2/c1-13-5-9-15(10-6-13)17-18(21-19(3,4)20-17)16-11-7-14(2)8-12-16/h5-12,17-18H,1-4H3/t17-,18-/m1/s1. The van der Waals surface area contributed by atoms with Crippen molar-refractivity contribution in [2.75, 3.05) is 0 Å². The van der Waals surface area contributed by atoms with Crippen molar-refractivity contribution in [1.82, 2.24) is 0 Å². The van der Waals surface area contributed by atoms with Gasteiger partial charge in [-0.15, -0.1) is 0 Å². The van der Waals surface area contributed by atoms with Crippen LogP contribution in [0.1, 0.15) is 48.3 Å². The van der Waals surface area contributed by atoms with E-state index in [2.05, 4.69) is 62.4 Å². The predicted molar refractivity (Wildman–Crippen MR) is 84.1 cm³/mol. The van der Waals surface area contributed by atoms with Gasteiger partial charge in [-0.1, -0.05) is 59.7 Å². The zero-order valence-electron chi connectivity index (χ0n) is 13.1. The first-order valence-corrected chi connectivity index (χ1v) is 7.43. The monoisotopic (exact) mass is 282 g/mol. The summed E-state index contributed by atoms with van der Waals surface area (Å²) in [5.74, 6) is -0.564. The van der Waals surface area contributed by atoms with Gasteiger partial charge in [-0.05, 0) is 38.8 Å². The minimum atomic E-state index is -0.564. The molecule has 2 aromatic carbocycles. The molecule has 0 amide bonds. The van der Waals surface area contributed by atoms with E-state index in [0.29, 0.717) is 0 Å². The molecule has 2 atom stereocenters. The molecule has 2 aromatic rings. The summed E-state index contributed by atoms with van der Waals surface area (Å²) in [5.41, 5.74) is 4.83. The maximum atomic E-state index is 6.15. The van der Waals surface area contributed by atoms with Gasteiger partial charge < -0.3 is 9.47 Å². The largest absolute Gasteiger partial charge is 0.339 e. The van der Waals surface area contributed by atoms with Gasteiger partial charge in [0.1, 0.15) is 12.2 Å². The van der Waals surface area contributed by atoms with Gasteiger partial charge in [0.05, 0.1) is 0 Å². The van der Waals surface area contributed by atoms with Crippen molar-refractivity contribution in [2.24, 2.45) is 0 Å². The summed E-state index contributed by atoms with van der Waals surface area (Å²) >= 11 is 0. The SMILES string of the molecule is Cc1ccc([C@H]2OC(C)(C)O[C@@H]2c2ccc(C)cc2)cc1. The molecular formula is C19H22O2. The Labute approximate surface area is 126 Å². The Morgan fingerprint density at radius 3 is 1.33 bits per heavy atom. The van der Waals surface area contributed by atoms with Crippen LogP contribution in [0.5, 0.6) is 0 Å². The normalized spacial score (nSPS) is 24.2. The fraction of sp³-hybridized carbons (Fsp3) is 0.368. The lowest BCUT2D eigenvalue weighted by atomic mass is 9.97. The van der Waals surface area contributed by atoms with Gasteiger partial charge in [0.15, 0.2) is 5.79 Å². The molecular weight excluding hydrogens is 260 g/mol. The second kappa shape index (κ2) is 5.28. The summed E-state index contributed by atoms with van der Waals surface area (Å²) < 4.78 is 12.3. The molecule has 0 spiro atoms. The second-order valence-corrected chi connectivity index (χ2v) is 6.30. The molecule has 0 aromatic heterocycles. The summed E-state index contributed by atoms with van der Waals surface area (Å²) in [7, 11) is 0. The molecule has 0 bridgehead atoms. The molecule has 0 N–H and O–H groups in total. The Balaban J connectivity index is 1.96. The van der Waals surface area contributed by atoms with Crippen molar-refractivity contribution >= 4 is 0 Å². The summed E-state index contributed by atoms with van der Waals surface area (Å²) in [5, 5.41) is 0. The molecule has 3 rings (SSSR count). The van der Waals surface area contributed by atoms with Gasteiger partial charge in [0, 0.05) is 0 Å². The molecule has 0 saturated carbocycles. The van der Waals surface area contributed by atoms with Crippen LogP contribution in [-0.2, 0) is 9.47 Å². The third-order valence-electron chi connectivity index (χ3n) is 3.91. The topological polar surface area (TPSA) is 18.5 Å². The van der Waals surface area contributed by atoms with Crippen LogP contribution >= 0.6 is 0 Å². The first-order valence-electron chi connectivity index (χ1n) is 7.43. The van der Waals surface area contributed by atoms with Gasteiger partial charge in [0.25, 0.3) is 0 Å². The van der Waals surface area contributed by atoms with Gasteiger partial charge in [0.2, 0.25) is 0 Å². The van der Waals surface area contributed by atoms with Crippen LogP contribution in [0.2, 0.25) is 0 Å². The van der Waals surface area contributed by atoms with Crippen molar-refractivity contribution in [2.45, 2.75) is 45.7 Å². The highest BCUT2D eigenvalue weighted by atomic mass is 16.7. The molecule has 21 heavy (non-hydrogen) atoms. The molecule has 0 radical (unpaired) electrons. The number of rotatable bonds is 2. The number of hydrogen-bond donors (Lipinski definition) is 0. The van der Waals surface area contributed by atoms with Crippen molar-refractivity contribution in [3.63, 3.8) is 0 Å². The Bertz CT molecular complexity index is 556. The van der Waals surface area contributed by atoms with E-state index in [-0.39, 0.29) is 12.2 Å². The highest BCUT2D eigenvalue weighted by molar-refractivity contribution is 5.30. The lowest BCUT2D eigenvalue weighted by Crippen LogP contribution is -2.20. The van der Waals surface area contributed by atoms with Gasteiger partial charge >= 0.3 is 0 Å². The van der Waals surface area contributed by atoms with E-state index in [1.807, 2.05) is 13.8 Å². The van der Waals surface area contributed by atoms with Crippen LogP contribution in [0.25, 0.3) is 0 Å². The summed E-state index contributed by atoms with van der Waals surface area (Å²) in [4.78, 5) is 0. The van der Waals surface area contributed by atoms with Crippen LogP contribution in [-0.4, -0.2) is 5.79 Å². The number of ether oxygens (including phenoxy) is 2. The Kier molecular flexibility index (Phi) is 3.60. The molecule has 1 heterocycles. The maximum absolute atomic E-state index is 6.15. The van der Waals surface area contributed by atoms with Crippen LogP contribution in [0.4, 0.5) is 0 Å². The molecule has 2 nitrogen and oxygen atoms in total. The van der Waals surface area contributed by atoms with Crippen molar-refractivity contribution in [1.29, 1.82) is 0 Å².